The van der Waals surface area contributed by atoms with Gasteiger partial charge < -0.3 is 15.0 Å². The van der Waals surface area contributed by atoms with Gasteiger partial charge in [-0.05, 0) is 48.3 Å². The Bertz CT molecular complexity index is 477. The maximum absolute atomic E-state index is 5.80. The van der Waals surface area contributed by atoms with E-state index in [0.29, 0.717) is 5.92 Å². The number of pyridine rings is 1. The van der Waals surface area contributed by atoms with Crippen molar-refractivity contribution in [3.63, 3.8) is 0 Å². The van der Waals surface area contributed by atoms with Gasteiger partial charge in [0.1, 0.15) is 5.82 Å². The summed E-state index contributed by atoms with van der Waals surface area (Å²) in [6.07, 6.45) is 1.88. The number of ether oxygens (including phenoxy) is 1. The van der Waals surface area contributed by atoms with Gasteiger partial charge in [0.25, 0.3) is 0 Å². The first-order valence-electron chi connectivity index (χ1n) is 7.61. The molecular weight excluding hydrogens is 330 g/mol. The monoisotopic (exact) mass is 355 g/mol. The summed E-state index contributed by atoms with van der Waals surface area (Å²) in [6, 6.07) is 2.16. The molecule has 0 spiro atoms. The van der Waals surface area contributed by atoms with E-state index in [1.807, 2.05) is 6.20 Å². The number of nitrogens with one attached hydrogen (secondary N) is 1. The second-order valence-electron chi connectivity index (χ2n) is 6.69. The van der Waals surface area contributed by atoms with E-state index in [-0.39, 0.29) is 5.60 Å². The van der Waals surface area contributed by atoms with Crippen LogP contribution in [0.5, 0.6) is 0 Å². The fraction of sp³-hybridized carbons (Fsp3) is 0.688. The zero-order valence-corrected chi connectivity index (χ0v) is 15.0. The number of halogens is 1. The van der Waals surface area contributed by atoms with Gasteiger partial charge in [-0.15, -0.1) is 0 Å². The van der Waals surface area contributed by atoms with Crippen molar-refractivity contribution in [2.24, 2.45) is 5.92 Å². The number of hydrogen-bond acceptors (Lipinski definition) is 4. The Morgan fingerprint density at radius 2 is 2.24 bits per heavy atom. The third kappa shape index (κ3) is 4.94. The fourth-order valence-electron chi connectivity index (χ4n) is 2.58. The van der Waals surface area contributed by atoms with Gasteiger partial charge in [0.05, 0.1) is 12.2 Å². The fourth-order valence-corrected chi connectivity index (χ4v) is 2.96. The van der Waals surface area contributed by atoms with Gasteiger partial charge in [0, 0.05) is 35.9 Å². The Hall–Kier alpha value is -0.650. The lowest BCUT2D eigenvalue weighted by molar-refractivity contribution is -0.0279. The van der Waals surface area contributed by atoms with E-state index in [4.69, 9.17) is 4.74 Å². The summed E-state index contributed by atoms with van der Waals surface area (Å²) >= 11 is 3.53. The highest BCUT2D eigenvalue weighted by molar-refractivity contribution is 9.10. The van der Waals surface area contributed by atoms with Crippen LogP contribution in [0, 0.1) is 5.92 Å². The summed E-state index contributed by atoms with van der Waals surface area (Å²) in [5, 5.41) is 3.51. The van der Waals surface area contributed by atoms with Crippen LogP contribution in [0.25, 0.3) is 0 Å². The van der Waals surface area contributed by atoms with Crippen molar-refractivity contribution < 1.29 is 4.74 Å². The van der Waals surface area contributed by atoms with Crippen LogP contribution in [0.3, 0.4) is 0 Å². The second kappa shape index (κ2) is 7.07. The average Bonchev–Trinajstić information content (AvgIpc) is 2.37. The van der Waals surface area contributed by atoms with Crippen LogP contribution in [0.15, 0.2) is 16.7 Å². The molecule has 5 heteroatoms. The molecule has 1 N–H and O–H groups in total. The number of nitrogens with zero attached hydrogens (tertiary/aromatic N) is 2. The smallest absolute Gasteiger partial charge is 0.133 e. The number of hydrogen-bond donors (Lipinski definition) is 1. The van der Waals surface area contributed by atoms with E-state index in [1.165, 1.54) is 5.56 Å². The molecule has 0 saturated carbocycles. The van der Waals surface area contributed by atoms with Gasteiger partial charge in [0.2, 0.25) is 0 Å². The predicted molar refractivity (Wildman–Crippen MR) is 90.7 cm³/mol. The summed E-state index contributed by atoms with van der Waals surface area (Å²) < 4.78 is 6.83. The Morgan fingerprint density at radius 3 is 2.90 bits per heavy atom. The molecule has 0 amide bonds. The predicted octanol–water partition coefficient (Wildman–Crippen LogP) is 3.20. The van der Waals surface area contributed by atoms with Crippen molar-refractivity contribution in [1.82, 2.24) is 10.3 Å². The summed E-state index contributed by atoms with van der Waals surface area (Å²) in [4.78, 5) is 6.98. The highest BCUT2D eigenvalue weighted by Gasteiger charge is 2.29. The lowest BCUT2D eigenvalue weighted by Crippen LogP contribution is -2.49. The molecule has 1 aliphatic heterocycles. The molecule has 1 aliphatic rings. The molecule has 2 rings (SSSR count). The zero-order valence-electron chi connectivity index (χ0n) is 13.4. The summed E-state index contributed by atoms with van der Waals surface area (Å²) in [6.45, 7) is 13.1. The standard InChI is InChI=1S/C16H26BrN3O/c1-12(2)8-18-9-13-7-14(17)10-19-15(13)20-5-6-21-16(3,4)11-20/h7,10,12,18H,5-6,8-9,11H2,1-4H3. The van der Waals surface area contributed by atoms with E-state index in [2.05, 4.69) is 64.9 Å². The van der Waals surface area contributed by atoms with Crippen molar-refractivity contribution >= 4 is 21.7 Å². The maximum atomic E-state index is 5.80. The molecule has 118 valence electrons. The molecule has 0 atom stereocenters. The Morgan fingerprint density at radius 1 is 1.48 bits per heavy atom. The second-order valence-corrected chi connectivity index (χ2v) is 7.61. The van der Waals surface area contributed by atoms with Crippen LogP contribution in [0.4, 0.5) is 5.82 Å². The molecule has 1 aromatic rings. The van der Waals surface area contributed by atoms with Crippen molar-refractivity contribution in [3.05, 3.63) is 22.3 Å². The maximum Gasteiger partial charge on any atom is 0.133 e. The Balaban J connectivity index is 2.14. The lowest BCUT2D eigenvalue weighted by atomic mass is 10.1. The van der Waals surface area contributed by atoms with Gasteiger partial charge in [-0.25, -0.2) is 4.98 Å². The quantitative estimate of drug-likeness (QED) is 0.879. The highest BCUT2D eigenvalue weighted by Crippen LogP contribution is 2.26. The minimum atomic E-state index is -0.115. The topological polar surface area (TPSA) is 37.4 Å². The van der Waals surface area contributed by atoms with Gasteiger partial charge in [0.15, 0.2) is 0 Å². The summed E-state index contributed by atoms with van der Waals surface area (Å²) in [5.41, 5.74) is 1.12. The lowest BCUT2D eigenvalue weighted by Gasteiger charge is -2.39. The molecule has 0 aliphatic carbocycles. The van der Waals surface area contributed by atoms with Crippen LogP contribution in [0.1, 0.15) is 33.3 Å². The third-order valence-corrected chi connectivity index (χ3v) is 3.94. The summed E-state index contributed by atoms with van der Waals surface area (Å²) in [7, 11) is 0. The van der Waals surface area contributed by atoms with Crippen LogP contribution in [0.2, 0.25) is 0 Å². The van der Waals surface area contributed by atoms with Gasteiger partial charge in [-0.1, -0.05) is 13.8 Å². The number of aromatic nitrogens is 1. The molecule has 0 aromatic carbocycles. The largest absolute Gasteiger partial charge is 0.372 e. The van der Waals surface area contributed by atoms with Crippen LogP contribution in [-0.2, 0) is 11.3 Å². The van der Waals surface area contributed by atoms with Crippen molar-refractivity contribution in [2.45, 2.75) is 39.8 Å². The normalized spacial score (nSPS) is 18.3. The van der Waals surface area contributed by atoms with Crippen molar-refractivity contribution in [3.8, 4) is 0 Å². The molecule has 1 saturated heterocycles. The first kappa shape index (κ1) is 16.7. The molecule has 2 heterocycles. The minimum Gasteiger partial charge on any atom is -0.372 e. The van der Waals surface area contributed by atoms with Gasteiger partial charge in [-0.3, -0.25) is 0 Å². The molecule has 1 fully saturated rings. The Labute approximate surface area is 136 Å². The van der Waals surface area contributed by atoms with E-state index in [0.717, 1.165) is 43.1 Å². The number of anilines is 1. The zero-order chi connectivity index (χ0) is 15.5. The summed E-state index contributed by atoms with van der Waals surface area (Å²) in [5.74, 6) is 1.72. The average molecular weight is 356 g/mol. The molecule has 0 radical (unpaired) electrons. The number of morpholine rings is 1. The van der Waals surface area contributed by atoms with Crippen molar-refractivity contribution in [2.75, 3.05) is 31.1 Å². The molecule has 0 unspecified atom stereocenters. The SMILES string of the molecule is CC(C)CNCc1cc(Br)cnc1N1CCOC(C)(C)C1. The first-order chi connectivity index (χ1) is 9.87. The third-order valence-electron chi connectivity index (χ3n) is 3.50. The molecule has 4 nitrogen and oxygen atoms in total. The molecule has 0 bridgehead atoms. The first-order valence-corrected chi connectivity index (χ1v) is 8.41. The Kier molecular flexibility index (Phi) is 5.63. The van der Waals surface area contributed by atoms with E-state index < -0.39 is 0 Å². The minimum absolute atomic E-state index is 0.115. The molecule has 1 aromatic heterocycles. The van der Waals surface area contributed by atoms with Crippen LogP contribution >= 0.6 is 15.9 Å². The molecular formula is C16H26BrN3O. The van der Waals surface area contributed by atoms with Crippen molar-refractivity contribution in [1.29, 1.82) is 0 Å². The van der Waals surface area contributed by atoms with E-state index >= 15 is 0 Å². The highest BCUT2D eigenvalue weighted by atomic mass is 79.9. The van der Waals surface area contributed by atoms with Gasteiger partial charge in [-0.2, -0.15) is 0 Å². The number of rotatable bonds is 5. The van der Waals surface area contributed by atoms with E-state index in [1.54, 1.807) is 0 Å². The van der Waals surface area contributed by atoms with E-state index in [9.17, 15) is 0 Å². The van der Waals surface area contributed by atoms with Crippen LogP contribution in [-0.4, -0.2) is 36.8 Å². The molecule has 21 heavy (non-hydrogen) atoms. The van der Waals surface area contributed by atoms with Crippen LogP contribution < -0.4 is 10.2 Å². The van der Waals surface area contributed by atoms with Gasteiger partial charge >= 0.3 is 0 Å².